The molecule has 0 amide bonds. The van der Waals surface area contributed by atoms with Gasteiger partial charge in [-0.1, -0.05) is 6.07 Å². The molecule has 2 atom stereocenters. The Kier molecular flexibility index (Phi) is 4.40. The van der Waals surface area contributed by atoms with E-state index in [-0.39, 0.29) is 12.0 Å². The van der Waals surface area contributed by atoms with Crippen molar-refractivity contribution in [3.05, 3.63) is 47.3 Å². The normalized spacial score (nSPS) is 26.8. The van der Waals surface area contributed by atoms with Crippen LogP contribution in [0, 0.1) is 25.2 Å². The molecule has 0 saturated carbocycles. The quantitative estimate of drug-likeness (QED) is 0.927. The van der Waals surface area contributed by atoms with Gasteiger partial charge in [0.25, 0.3) is 0 Å². The Labute approximate surface area is 149 Å². The summed E-state index contributed by atoms with van der Waals surface area (Å²) in [5.41, 5.74) is 4.83. The number of hydrogen-bond donors (Lipinski definition) is 1. The van der Waals surface area contributed by atoms with E-state index in [2.05, 4.69) is 48.2 Å². The van der Waals surface area contributed by atoms with Crippen LogP contribution in [0.15, 0.2) is 30.6 Å². The van der Waals surface area contributed by atoms with Crippen molar-refractivity contribution < 1.29 is 9.84 Å². The van der Waals surface area contributed by atoms with Crippen LogP contribution < -0.4 is 0 Å². The van der Waals surface area contributed by atoms with Gasteiger partial charge in [0.2, 0.25) is 0 Å². The lowest BCUT2D eigenvalue weighted by atomic mass is 9.76. The van der Waals surface area contributed by atoms with Gasteiger partial charge in [-0.2, -0.15) is 5.10 Å². The van der Waals surface area contributed by atoms with Crippen LogP contribution in [0.2, 0.25) is 0 Å². The molecular weight excluding hydrogens is 314 g/mol. The summed E-state index contributed by atoms with van der Waals surface area (Å²) >= 11 is 0. The van der Waals surface area contributed by atoms with E-state index in [1.165, 1.54) is 16.7 Å². The number of ether oxygens (including phenoxy) is 1. The Morgan fingerprint density at radius 3 is 2.96 bits per heavy atom. The molecule has 2 aromatic rings. The van der Waals surface area contributed by atoms with Crippen LogP contribution in [0.5, 0.6) is 0 Å². The average Bonchev–Trinajstić information content (AvgIpc) is 3.22. The summed E-state index contributed by atoms with van der Waals surface area (Å²) in [6.45, 7) is 8.81. The van der Waals surface area contributed by atoms with E-state index in [0.717, 1.165) is 38.3 Å². The van der Waals surface area contributed by atoms with Gasteiger partial charge >= 0.3 is 0 Å². The van der Waals surface area contributed by atoms with Gasteiger partial charge in [-0.15, -0.1) is 0 Å². The molecule has 0 aliphatic carbocycles. The van der Waals surface area contributed by atoms with Crippen molar-refractivity contribution in [3.8, 4) is 5.69 Å². The van der Waals surface area contributed by atoms with Crippen LogP contribution in [0.25, 0.3) is 5.69 Å². The van der Waals surface area contributed by atoms with E-state index >= 15 is 0 Å². The Balaban J connectivity index is 1.47. The molecule has 0 bridgehead atoms. The fourth-order valence-electron chi connectivity index (χ4n) is 4.26. The molecule has 2 aliphatic heterocycles. The summed E-state index contributed by atoms with van der Waals surface area (Å²) in [7, 11) is 0. The van der Waals surface area contributed by atoms with Crippen LogP contribution in [0.3, 0.4) is 0 Å². The number of aliphatic hydroxyl groups is 1. The first kappa shape index (κ1) is 16.8. The molecule has 5 nitrogen and oxygen atoms in total. The van der Waals surface area contributed by atoms with Crippen molar-refractivity contribution in [3.63, 3.8) is 0 Å². The van der Waals surface area contributed by atoms with E-state index in [4.69, 9.17) is 4.74 Å². The monoisotopic (exact) mass is 341 g/mol. The van der Waals surface area contributed by atoms with Crippen LogP contribution in [0.1, 0.15) is 23.1 Å². The Bertz CT molecular complexity index is 757. The van der Waals surface area contributed by atoms with Crippen molar-refractivity contribution in [1.82, 2.24) is 14.7 Å². The second-order valence-electron chi connectivity index (χ2n) is 7.79. The van der Waals surface area contributed by atoms with Gasteiger partial charge in [-0.25, -0.2) is 4.68 Å². The van der Waals surface area contributed by atoms with Gasteiger partial charge in [0.05, 0.1) is 25.1 Å². The molecule has 0 unspecified atom stereocenters. The highest BCUT2D eigenvalue weighted by atomic mass is 16.5. The maximum Gasteiger partial charge on any atom is 0.0648 e. The van der Waals surface area contributed by atoms with Gasteiger partial charge < -0.3 is 9.84 Å². The van der Waals surface area contributed by atoms with Gasteiger partial charge in [0.1, 0.15) is 0 Å². The summed E-state index contributed by atoms with van der Waals surface area (Å²) in [6, 6.07) is 6.43. The standard InChI is InChI=1S/C20H27N3O2/c1-15-3-4-19(7-16(15)2)23-10-17(8-21-23)9-22-11-18-5-6-25-14-20(18,12-22)13-24/h3-4,7-8,10,18,24H,5-6,9,11-14H2,1-2H3/t18-,20+/m0/s1. The zero-order valence-electron chi connectivity index (χ0n) is 15.1. The molecule has 1 N–H and O–H groups in total. The fourth-order valence-corrected chi connectivity index (χ4v) is 4.26. The highest BCUT2D eigenvalue weighted by Gasteiger charge is 2.47. The Morgan fingerprint density at radius 1 is 1.32 bits per heavy atom. The summed E-state index contributed by atoms with van der Waals surface area (Å²) in [5, 5.41) is 14.5. The van der Waals surface area contributed by atoms with Gasteiger partial charge in [0, 0.05) is 43.4 Å². The number of nitrogens with zero attached hydrogens (tertiary/aromatic N) is 3. The first-order valence-electron chi connectivity index (χ1n) is 9.12. The number of hydrogen-bond acceptors (Lipinski definition) is 4. The number of benzene rings is 1. The molecule has 0 spiro atoms. The smallest absolute Gasteiger partial charge is 0.0648 e. The number of likely N-dealkylation sites (tertiary alicyclic amines) is 1. The molecule has 3 heterocycles. The molecule has 2 aliphatic rings. The van der Waals surface area contributed by atoms with Gasteiger partial charge in [-0.3, -0.25) is 4.90 Å². The molecule has 4 rings (SSSR count). The predicted octanol–water partition coefficient (Wildman–Crippen LogP) is 2.32. The Hall–Kier alpha value is -1.69. The zero-order chi connectivity index (χ0) is 17.4. The molecule has 2 saturated heterocycles. The average molecular weight is 341 g/mol. The van der Waals surface area contributed by atoms with Gasteiger partial charge in [-0.05, 0) is 49.4 Å². The number of rotatable bonds is 4. The first-order valence-corrected chi connectivity index (χ1v) is 9.12. The highest BCUT2D eigenvalue weighted by Crippen LogP contribution is 2.41. The minimum Gasteiger partial charge on any atom is -0.396 e. The predicted molar refractivity (Wildman–Crippen MR) is 96.8 cm³/mol. The Morgan fingerprint density at radius 2 is 2.20 bits per heavy atom. The second kappa shape index (κ2) is 6.56. The van der Waals surface area contributed by atoms with E-state index in [9.17, 15) is 5.11 Å². The topological polar surface area (TPSA) is 50.5 Å². The maximum absolute atomic E-state index is 9.91. The summed E-state index contributed by atoms with van der Waals surface area (Å²) in [4.78, 5) is 2.44. The SMILES string of the molecule is Cc1ccc(-n2cc(CN3C[C@@H]4CCOC[C@]4(CO)C3)cn2)cc1C. The first-order chi connectivity index (χ1) is 12.1. The van der Waals surface area contributed by atoms with E-state index in [1.54, 1.807) is 0 Å². The van der Waals surface area contributed by atoms with E-state index in [1.807, 2.05) is 10.9 Å². The molecule has 2 fully saturated rings. The third kappa shape index (κ3) is 3.12. The molecule has 25 heavy (non-hydrogen) atoms. The van der Waals surface area contributed by atoms with Crippen LogP contribution in [0.4, 0.5) is 0 Å². The number of aliphatic hydroxyl groups excluding tert-OH is 1. The molecule has 1 aromatic carbocycles. The maximum atomic E-state index is 9.91. The second-order valence-corrected chi connectivity index (χ2v) is 7.79. The summed E-state index contributed by atoms with van der Waals surface area (Å²) in [5.74, 6) is 0.543. The van der Waals surface area contributed by atoms with Crippen molar-refractivity contribution >= 4 is 0 Å². The zero-order valence-corrected chi connectivity index (χ0v) is 15.1. The van der Waals surface area contributed by atoms with Crippen molar-refractivity contribution in [1.29, 1.82) is 0 Å². The molecular formula is C20H27N3O2. The minimum atomic E-state index is -0.0671. The highest BCUT2D eigenvalue weighted by molar-refractivity contribution is 5.39. The fraction of sp³-hybridized carbons (Fsp3) is 0.550. The van der Waals surface area contributed by atoms with E-state index < -0.39 is 0 Å². The van der Waals surface area contributed by atoms with Crippen LogP contribution in [-0.2, 0) is 11.3 Å². The lowest BCUT2D eigenvalue weighted by Crippen LogP contribution is -2.42. The number of aryl methyl sites for hydroxylation is 2. The molecule has 0 radical (unpaired) electrons. The van der Waals surface area contributed by atoms with Crippen molar-refractivity contribution in [2.45, 2.75) is 26.8 Å². The van der Waals surface area contributed by atoms with Crippen LogP contribution in [-0.4, -0.2) is 52.7 Å². The third-order valence-electron chi connectivity index (χ3n) is 6.00. The van der Waals surface area contributed by atoms with E-state index in [0.29, 0.717) is 12.5 Å². The third-order valence-corrected chi connectivity index (χ3v) is 6.00. The lowest BCUT2D eigenvalue weighted by molar-refractivity contribution is -0.0561. The molecule has 134 valence electrons. The summed E-state index contributed by atoms with van der Waals surface area (Å²) in [6.07, 6.45) is 5.13. The lowest BCUT2D eigenvalue weighted by Gasteiger charge is -2.36. The number of fused-ring (bicyclic) bond motifs is 1. The van der Waals surface area contributed by atoms with Crippen molar-refractivity contribution in [2.24, 2.45) is 11.3 Å². The number of aromatic nitrogens is 2. The summed E-state index contributed by atoms with van der Waals surface area (Å²) < 4.78 is 7.61. The molecule has 1 aromatic heterocycles. The largest absolute Gasteiger partial charge is 0.396 e. The van der Waals surface area contributed by atoms with Gasteiger partial charge in [0.15, 0.2) is 0 Å². The molecule has 5 heteroatoms. The minimum absolute atomic E-state index is 0.0671. The van der Waals surface area contributed by atoms with Crippen LogP contribution >= 0.6 is 0 Å². The van der Waals surface area contributed by atoms with Crippen molar-refractivity contribution in [2.75, 3.05) is 32.9 Å².